The number of carbonyl (C=O) groups is 1. The van der Waals surface area contributed by atoms with Gasteiger partial charge in [0, 0.05) is 6.54 Å². The van der Waals surface area contributed by atoms with E-state index in [1.807, 2.05) is 36.4 Å². The molecule has 162 valence electrons. The Balaban J connectivity index is 1.42. The third-order valence-corrected chi connectivity index (χ3v) is 5.20. The smallest absolute Gasteiger partial charge is 0.274 e. The van der Waals surface area contributed by atoms with Gasteiger partial charge in [-0.05, 0) is 35.4 Å². The lowest BCUT2D eigenvalue weighted by atomic mass is 10.1. The first-order chi connectivity index (χ1) is 15.1. The van der Waals surface area contributed by atoms with Crippen LogP contribution in [0, 0.1) is 0 Å². The zero-order chi connectivity index (χ0) is 21.8. The maximum absolute atomic E-state index is 12.7. The topological polar surface area (TPSA) is 96.7 Å². The predicted molar refractivity (Wildman–Crippen MR) is 111 cm³/mol. The molecular formula is C22H24N4O5. The Labute approximate surface area is 179 Å². The second-order valence-electron chi connectivity index (χ2n) is 7.01. The summed E-state index contributed by atoms with van der Waals surface area (Å²) >= 11 is 0. The van der Waals surface area contributed by atoms with Crippen LogP contribution in [0.3, 0.4) is 0 Å². The van der Waals surface area contributed by atoms with Crippen LogP contribution in [0.5, 0.6) is 17.2 Å². The van der Waals surface area contributed by atoms with Crippen LogP contribution in [0.2, 0.25) is 0 Å². The summed E-state index contributed by atoms with van der Waals surface area (Å²) in [6, 6.07) is 13.2. The second kappa shape index (κ2) is 9.05. The van der Waals surface area contributed by atoms with Gasteiger partial charge in [-0.3, -0.25) is 4.79 Å². The minimum atomic E-state index is -0.303. The average Bonchev–Trinajstić information content (AvgIpc) is 3.25. The molecule has 1 aromatic heterocycles. The quantitative estimate of drug-likeness (QED) is 0.622. The van der Waals surface area contributed by atoms with E-state index in [1.54, 1.807) is 32.1 Å². The number of hydrogen-bond acceptors (Lipinski definition) is 7. The van der Waals surface area contributed by atoms with Gasteiger partial charge in [-0.15, -0.1) is 5.10 Å². The Morgan fingerprint density at radius 2 is 1.87 bits per heavy atom. The van der Waals surface area contributed by atoms with Gasteiger partial charge in [0.2, 0.25) is 0 Å². The summed E-state index contributed by atoms with van der Waals surface area (Å²) in [6.45, 7) is 1.06. The summed E-state index contributed by atoms with van der Waals surface area (Å²) in [5.74, 6) is 1.72. The van der Waals surface area contributed by atoms with E-state index in [2.05, 4.69) is 15.6 Å². The van der Waals surface area contributed by atoms with Crippen LogP contribution in [-0.2, 0) is 24.4 Å². The molecule has 9 heteroatoms. The molecule has 0 spiro atoms. The Morgan fingerprint density at radius 1 is 1.10 bits per heavy atom. The van der Waals surface area contributed by atoms with Crippen LogP contribution in [0.15, 0.2) is 42.5 Å². The Hall–Kier alpha value is -3.59. The lowest BCUT2D eigenvalue weighted by Crippen LogP contribution is -2.27. The van der Waals surface area contributed by atoms with Gasteiger partial charge < -0.3 is 24.3 Å². The van der Waals surface area contributed by atoms with E-state index in [1.165, 1.54) is 0 Å². The number of carbonyl (C=O) groups excluding carboxylic acids is 1. The monoisotopic (exact) mass is 424 g/mol. The van der Waals surface area contributed by atoms with Crippen molar-refractivity contribution in [3.63, 3.8) is 0 Å². The van der Waals surface area contributed by atoms with Gasteiger partial charge in [0.25, 0.3) is 5.91 Å². The molecule has 2 aromatic carbocycles. The zero-order valence-corrected chi connectivity index (χ0v) is 17.6. The van der Waals surface area contributed by atoms with E-state index >= 15 is 0 Å². The highest BCUT2D eigenvalue weighted by atomic mass is 16.5. The third-order valence-electron chi connectivity index (χ3n) is 5.20. The predicted octanol–water partition coefficient (Wildman–Crippen LogP) is 2.51. The molecule has 1 aliphatic heterocycles. The summed E-state index contributed by atoms with van der Waals surface area (Å²) in [5, 5.41) is 11.1. The maximum atomic E-state index is 12.7. The van der Waals surface area contributed by atoms with Crippen molar-refractivity contribution in [1.82, 2.24) is 20.3 Å². The fourth-order valence-electron chi connectivity index (χ4n) is 3.46. The number of rotatable bonds is 7. The maximum Gasteiger partial charge on any atom is 0.274 e. The van der Waals surface area contributed by atoms with Crippen LogP contribution < -0.4 is 19.5 Å². The molecule has 1 atom stereocenters. The highest BCUT2D eigenvalue weighted by Crippen LogP contribution is 2.29. The number of nitrogens with one attached hydrogen (secondary N) is 1. The van der Waals surface area contributed by atoms with Crippen molar-refractivity contribution in [3.05, 3.63) is 65.0 Å². The van der Waals surface area contributed by atoms with Crippen molar-refractivity contribution in [3.8, 4) is 17.2 Å². The highest BCUT2D eigenvalue weighted by Gasteiger charge is 2.27. The molecule has 1 aliphatic rings. The highest BCUT2D eigenvalue weighted by molar-refractivity contribution is 5.93. The Bertz CT molecular complexity index is 1060. The lowest BCUT2D eigenvalue weighted by Gasteiger charge is -2.24. The average molecular weight is 424 g/mol. The molecule has 0 aliphatic carbocycles. The van der Waals surface area contributed by atoms with E-state index in [0.29, 0.717) is 30.3 Å². The number of aromatic nitrogens is 3. The minimum Gasteiger partial charge on any atom is -0.497 e. The molecule has 0 saturated carbocycles. The number of fused-ring (bicyclic) bond motifs is 1. The molecular weight excluding hydrogens is 400 g/mol. The summed E-state index contributed by atoms with van der Waals surface area (Å²) in [6.07, 6.45) is -0.164. The summed E-state index contributed by atoms with van der Waals surface area (Å²) in [4.78, 5) is 12.7. The van der Waals surface area contributed by atoms with E-state index in [4.69, 9.17) is 18.9 Å². The number of nitrogens with zero attached hydrogens (tertiary/aromatic N) is 3. The molecule has 0 unspecified atom stereocenters. The molecule has 0 saturated heterocycles. The fourth-order valence-corrected chi connectivity index (χ4v) is 3.46. The van der Waals surface area contributed by atoms with Crippen LogP contribution in [0.25, 0.3) is 0 Å². The van der Waals surface area contributed by atoms with E-state index in [0.717, 1.165) is 16.9 Å². The summed E-state index contributed by atoms with van der Waals surface area (Å²) < 4.78 is 23.4. The van der Waals surface area contributed by atoms with Gasteiger partial charge >= 0.3 is 0 Å². The van der Waals surface area contributed by atoms with Gasteiger partial charge in [0.15, 0.2) is 17.2 Å². The standard InChI is InChI=1S/C22H24N4O5/c1-28-16-7-5-15(6-8-16)20-12-26-17(13-31-20)21(24-25-26)22(27)23-11-14-4-9-18(29-2)19(10-14)30-3/h4-10,20H,11-13H2,1-3H3,(H,23,27)/t20-/m0/s1. The third kappa shape index (κ3) is 4.31. The minimum absolute atomic E-state index is 0.164. The molecule has 0 fully saturated rings. The molecule has 0 radical (unpaired) electrons. The van der Waals surface area contributed by atoms with Crippen LogP contribution in [0.1, 0.15) is 33.4 Å². The first-order valence-electron chi connectivity index (χ1n) is 9.80. The molecule has 0 bridgehead atoms. The lowest BCUT2D eigenvalue weighted by molar-refractivity contribution is -0.00179. The summed E-state index contributed by atoms with van der Waals surface area (Å²) in [5.41, 5.74) is 2.83. The van der Waals surface area contributed by atoms with E-state index < -0.39 is 0 Å². The van der Waals surface area contributed by atoms with Crippen LogP contribution in [-0.4, -0.2) is 42.2 Å². The molecule has 4 rings (SSSR count). The normalized spacial score (nSPS) is 15.1. The van der Waals surface area contributed by atoms with Gasteiger partial charge in [0.05, 0.1) is 40.2 Å². The fraction of sp³-hybridized carbons (Fsp3) is 0.318. The van der Waals surface area contributed by atoms with Crippen molar-refractivity contribution < 1.29 is 23.7 Å². The number of benzene rings is 2. The largest absolute Gasteiger partial charge is 0.497 e. The number of methoxy groups -OCH3 is 3. The molecule has 1 amide bonds. The first kappa shape index (κ1) is 20.7. The zero-order valence-electron chi connectivity index (χ0n) is 17.6. The molecule has 9 nitrogen and oxygen atoms in total. The molecule has 3 aromatic rings. The van der Waals surface area contributed by atoms with E-state index in [-0.39, 0.29) is 24.3 Å². The van der Waals surface area contributed by atoms with Crippen molar-refractivity contribution in [2.75, 3.05) is 21.3 Å². The van der Waals surface area contributed by atoms with Crippen molar-refractivity contribution in [2.24, 2.45) is 0 Å². The number of ether oxygens (including phenoxy) is 4. The van der Waals surface area contributed by atoms with Gasteiger partial charge in [-0.1, -0.05) is 23.4 Å². The SMILES string of the molecule is COc1ccc([C@@H]2Cn3nnc(C(=O)NCc4ccc(OC)c(OC)c4)c3CO2)cc1. The Kier molecular flexibility index (Phi) is 6.03. The number of amides is 1. The van der Waals surface area contributed by atoms with Gasteiger partial charge in [-0.25, -0.2) is 4.68 Å². The Morgan fingerprint density at radius 3 is 2.58 bits per heavy atom. The first-order valence-corrected chi connectivity index (χ1v) is 9.80. The van der Waals surface area contributed by atoms with Gasteiger partial charge in [-0.2, -0.15) is 0 Å². The van der Waals surface area contributed by atoms with Crippen LogP contribution >= 0.6 is 0 Å². The van der Waals surface area contributed by atoms with Crippen molar-refractivity contribution in [1.29, 1.82) is 0 Å². The van der Waals surface area contributed by atoms with Crippen LogP contribution in [0.4, 0.5) is 0 Å². The van der Waals surface area contributed by atoms with Gasteiger partial charge in [0.1, 0.15) is 11.9 Å². The number of hydrogen-bond donors (Lipinski definition) is 1. The molecule has 1 N–H and O–H groups in total. The van der Waals surface area contributed by atoms with E-state index in [9.17, 15) is 4.79 Å². The second-order valence-corrected chi connectivity index (χ2v) is 7.01. The molecule has 2 heterocycles. The van der Waals surface area contributed by atoms with Crippen molar-refractivity contribution >= 4 is 5.91 Å². The summed E-state index contributed by atoms with van der Waals surface area (Å²) in [7, 11) is 4.78. The molecule has 31 heavy (non-hydrogen) atoms. The van der Waals surface area contributed by atoms with Crippen molar-refractivity contribution in [2.45, 2.75) is 25.8 Å².